The summed E-state index contributed by atoms with van der Waals surface area (Å²) >= 11 is 15.3. The minimum Gasteiger partial charge on any atom is -0.224 e. The van der Waals surface area contributed by atoms with Crippen LogP contribution in [0.4, 0.5) is 0 Å². The van der Waals surface area contributed by atoms with Gasteiger partial charge in [-0.05, 0) is 17.7 Å². The lowest BCUT2D eigenvalue weighted by Gasteiger charge is -2.04. The quantitative estimate of drug-likeness (QED) is 0.737. The highest BCUT2D eigenvalue weighted by Crippen LogP contribution is 2.31. The normalized spacial score (nSPS) is 10.3. The maximum absolute atomic E-state index is 5.96. The van der Waals surface area contributed by atoms with Crippen LogP contribution in [-0.4, -0.2) is 9.97 Å². The summed E-state index contributed by atoms with van der Waals surface area (Å²) in [6.45, 7) is 0. The van der Waals surface area contributed by atoms with Gasteiger partial charge in [0.25, 0.3) is 0 Å². The van der Waals surface area contributed by atoms with Crippen molar-refractivity contribution in [3.63, 3.8) is 0 Å². The summed E-state index contributed by atoms with van der Waals surface area (Å²) in [7, 11) is 0. The molecular weight excluding hydrogens is 299 g/mol. The Hall–Kier alpha value is -0.640. The largest absolute Gasteiger partial charge is 0.224 e. The molecule has 0 saturated heterocycles. The maximum Gasteiger partial charge on any atom is 0.141 e. The van der Waals surface area contributed by atoms with Gasteiger partial charge in [0.2, 0.25) is 0 Å². The van der Waals surface area contributed by atoms with Crippen molar-refractivity contribution < 1.29 is 0 Å². The number of hydrogen-bond donors (Lipinski definition) is 0. The van der Waals surface area contributed by atoms with Crippen LogP contribution in [0.1, 0.15) is 0 Å². The smallest absolute Gasteiger partial charge is 0.141 e. The number of aromatic nitrogens is 2. The molecule has 2 nitrogen and oxygen atoms in total. The van der Waals surface area contributed by atoms with E-state index in [-0.39, 0.29) is 0 Å². The summed E-state index contributed by atoms with van der Waals surface area (Å²) in [4.78, 5) is 7.79. The van der Waals surface area contributed by atoms with Crippen molar-refractivity contribution >= 4 is 39.1 Å². The molecule has 5 heteroatoms. The predicted molar refractivity (Wildman–Crippen MR) is 65.2 cm³/mol. The lowest BCUT2D eigenvalue weighted by molar-refractivity contribution is 1.17. The van der Waals surface area contributed by atoms with Gasteiger partial charge < -0.3 is 0 Å². The van der Waals surface area contributed by atoms with Gasteiger partial charge in [-0.2, -0.15) is 0 Å². The highest BCUT2D eigenvalue weighted by atomic mass is 79.9. The fourth-order valence-corrected chi connectivity index (χ4v) is 2.00. The second kappa shape index (κ2) is 4.47. The van der Waals surface area contributed by atoms with Gasteiger partial charge in [-0.25, -0.2) is 9.97 Å². The van der Waals surface area contributed by atoms with Crippen LogP contribution in [0.3, 0.4) is 0 Å². The Morgan fingerprint density at radius 2 is 1.47 bits per heavy atom. The molecule has 0 unspecified atom stereocenters. The summed E-state index contributed by atoms with van der Waals surface area (Å²) in [5.74, 6) is 0. The maximum atomic E-state index is 5.96. The zero-order chi connectivity index (χ0) is 10.8. The molecule has 0 fully saturated rings. The van der Waals surface area contributed by atoms with Gasteiger partial charge in [0.05, 0.1) is 5.56 Å². The van der Waals surface area contributed by atoms with Crippen molar-refractivity contribution in [1.82, 2.24) is 9.97 Å². The van der Waals surface area contributed by atoms with Crippen LogP contribution in [0.5, 0.6) is 0 Å². The molecule has 76 valence electrons. The van der Waals surface area contributed by atoms with E-state index in [4.69, 9.17) is 23.2 Å². The van der Waals surface area contributed by atoms with Crippen molar-refractivity contribution in [2.75, 3.05) is 0 Å². The molecule has 0 aliphatic heterocycles. The standard InChI is InChI=1S/C10H5BrCl2N2/c11-7-3-1-6(2-4-7)8-9(12)14-5-15-10(8)13/h1-5H. The Bertz CT molecular complexity index is 465. The molecular formula is C10H5BrCl2N2. The molecule has 1 aromatic carbocycles. The molecule has 2 rings (SSSR count). The number of halogens is 3. The predicted octanol–water partition coefficient (Wildman–Crippen LogP) is 4.21. The van der Waals surface area contributed by atoms with E-state index >= 15 is 0 Å². The zero-order valence-corrected chi connectivity index (χ0v) is 10.5. The Balaban J connectivity index is 2.58. The number of benzene rings is 1. The van der Waals surface area contributed by atoms with Gasteiger partial charge in [-0.1, -0.05) is 51.3 Å². The third kappa shape index (κ3) is 2.30. The Morgan fingerprint density at radius 1 is 0.933 bits per heavy atom. The molecule has 2 aromatic rings. The minimum atomic E-state index is 0.359. The Morgan fingerprint density at radius 3 is 2.00 bits per heavy atom. The molecule has 0 aliphatic rings. The minimum absolute atomic E-state index is 0.359. The lowest BCUT2D eigenvalue weighted by Crippen LogP contribution is -1.87. The highest BCUT2D eigenvalue weighted by Gasteiger charge is 2.09. The molecule has 0 spiro atoms. The first kappa shape index (κ1) is 10.9. The van der Waals surface area contributed by atoms with E-state index in [0.29, 0.717) is 15.9 Å². The molecule has 15 heavy (non-hydrogen) atoms. The first-order valence-electron chi connectivity index (χ1n) is 4.10. The van der Waals surface area contributed by atoms with Gasteiger partial charge >= 0.3 is 0 Å². The Labute approximate surface area is 105 Å². The van der Waals surface area contributed by atoms with E-state index in [9.17, 15) is 0 Å². The van der Waals surface area contributed by atoms with Crippen molar-refractivity contribution in [2.45, 2.75) is 0 Å². The molecule has 0 aliphatic carbocycles. The number of hydrogen-bond acceptors (Lipinski definition) is 2. The van der Waals surface area contributed by atoms with Crippen LogP contribution in [0.25, 0.3) is 11.1 Å². The van der Waals surface area contributed by atoms with E-state index in [1.165, 1.54) is 6.33 Å². The summed E-state index contributed by atoms with van der Waals surface area (Å²) in [6.07, 6.45) is 1.34. The van der Waals surface area contributed by atoms with Crippen molar-refractivity contribution in [3.05, 3.63) is 45.4 Å². The fraction of sp³-hybridized carbons (Fsp3) is 0. The van der Waals surface area contributed by atoms with Crippen LogP contribution in [-0.2, 0) is 0 Å². The van der Waals surface area contributed by atoms with Crippen LogP contribution in [0.2, 0.25) is 10.3 Å². The second-order valence-electron chi connectivity index (χ2n) is 2.84. The van der Waals surface area contributed by atoms with Crippen LogP contribution < -0.4 is 0 Å². The van der Waals surface area contributed by atoms with E-state index in [2.05, 4.69) is 25.9 Å². The third-order valence-corrected chi connectivity index (χ3v) is 2.99. The average molecular weight is 304 g/mol. The number of nitrogens with zero attached hydrogens (tertiary/aromatic N) is 2. The molecule has 0 saturated carbocycles. The van der Waals surface area contributed by atoms with Crippen LogP contribution in [0, 0.1) is 0 Å². The van der Waals surface area contributed by atoms with E-state index in [1.54, 1.807) is 0 Å². The molecule has 0 N–H and O–H groups in total. The zero-order valence-electron chi connectivity index (χ0n) is 7.42. The van der Waals surface area contributed by atoms with Crippen molar-refractivity contribution in [2.24, 2.45) is 0 Å². The average Bonchev–Trinajstić information content (AvgIpc) is 2.20. The molecule has 0 radical (unpaired) electrons. The van der Waals surface area contributed by atoms with Gasteiger partial charge in [-0.3, -0.25) is 0 Å². The first-order chi connectivity index (χ1) is 7.18. The number of rotatable bonds is 1. The van der Waals surface area contributed by atoms with Crippen molar-refractivity contribution in [3.8, 4) is 11.1 Å². The van der Waals surface area contributed by atoms with Gasteiger partial charge in [0, 0.05) is 4.47 Å². The van der Waals surface area contributed by atoms with Gasteiger partial charge in [0.15, 0.2) is 0 Å². The van der Waals surface area contributed by atoms with Crippen LogP contribution >= 0.6 is 39.1 Å². The highest BCUT2D eigenvalue weighted by molar-refractivity contribution is 9.10. The van der Waals surface area contributed by atoms with Crippen molar-refractivity contribution in [1.29, 1.82) is 0 Å². The second-order valence-corrected chi connectivity index (χ2v) is 4.47. The summed E-state index contributed by atoms with van der Waals surface area (Å²) in [5, 5.41) is 0.717. The summed E-state index contributed by atoms with van der Waals surface area (Å²) < 4.78 is 0.996. The summed E-state index contributed by atoms with van der Waals surface area (Å²) in [6, 6.07) is 7.63. The molecule has 1 aromatic heterocycles. The van der Waals surface area contributed by atoms with E-state index < -0.39 is 0 Å². The van der Waals surface area contributed by atoms with E-state index in [0.717, 1.165) is 10.0 Å². The molecule has 0 amide bonds. The van der Waals surface area contributed by atoms with Gasteiger partial charge in [0.1, 0.15) is 16.6 Å². The lowest BCUT2D eigenvalue weighted by atomic mass is 10.1. The topological polar surface area (TPSA) is 25.8 Å². The SMILES string of the molecule is Clc1ncnc(Cl)c1-c1ccc(Br)cc1. The monoisotopic (exact) mass is 302 g/mol. The molecule has 1 heterocycles. The van der Waals surface area contributed by atoms with Crippen LogP contribution in [0.15, 0.2) is 35.1 Å². The Kier molecular flexibility index (Phi) is 3.24. The van der Waals surface area contributed by atoms with Gasteiger partial charge in [-0.15, -0.1) is 0 Å². The molecule has 0 bridgehead atoms. The fourth-order valence-electron chi connectivity index (χ4n) is 1.20. The molecule has 0 atom stereocenters. The first-order valence-corrected chi connectivity index (χ1v) is 5.65. The van der Waals surface area contributed by atoms with E-state index in [1.807, 2.05) is 24.3 Å². The third-order valence-electron chi connectivity index (χ3n) is 1.89. The summed E-state index contributed by atoms with van der Waals surface area (Å²) in [5.41, 5.74) is 1.56.